The highest BCUT2D eigenvalue weighted by Crippen LogP contribution is 2.39. The number of nitrogens with one attached hydrogen (secondary N) is 2. The van der Waals surface area contributed by atoms with Gasteiger partial charge in [0.05, 0.1) is 6.20 Å². The summed E-state index contributed by atoms with van der Waals surface area (Å²) in [5.41, 5.74) is 5.08. The summed E-state index contributed by atoms with van der Waals surface area (Å²) < 4.78 is 20.7. The van der Waals surface area contributed by atoms with E-state index >= 15 is 0 Å². The van der Waals surface area contributed by atoms with Crippen molar-refractivity contribution >= 4 is 26.9 Å². The molecule has 2 aliphatic rings. The first-order valence-electron chi connectivity index (χ1n) is 9.96. The molecule has 0 radical (unpaired) electrons. The van der Waals surface area contributed by atoms with Crippen LogP contribution in [0, 0.1) is 0 Å². The average molecular weight is 437 g/mol. The fourth-order valence-corrected chi connectivity index (χ4v) is 6.82. The standard InChI is InChI=1S/C20H28N4O3S2/c1-20(2,26)18-22-11-16(28-18)29(27,21-3)24-19(25)23-17-14-8-4-6-12(14)10-13-7-5-9-15(13)17/h10-11,19,23,25-26H,4-9H2,1-3H3,(H,21,24,27). The van der Waals surface area contributed by atoms with Gasteiger partial charge in [-0.05, 0) is 81.7 Å². The highest BCUT2D eigenvalue weighted by Gasteiger charge is 2.27. The molecule has 1 aromatic carbocycles. The first kappa shape index (κ1) is 20.7. The van der Waals surface area contributed by atoms with E-state index in [1.807, 2.05) is 0 Å². The molecule has 0 saturated carbocycles. The van der Waals surface area contributed by atoms with Gasteiger partial charge in [0.25, 0.3) is 0 Å². The van der Waals surface area contributed by atoms with Gasteiger partial charge in [-0.1, -0.05) is 6.07 Å². The van der Waals surface area contributed by atoms with Crippen molar-refractivity contribution in [2.45, 2.75) is 68.5 Å². The van der Waals surface area contributed by atoms with Crippen LogP contribution >= 0.6 is 11.3 Å². The molecule has 7 nitrogen and oxygen atoms in total. The van der Waals surface area contributed by atoms with E-state index in [0.717, 1.165) is 55.5 Å². The van der Waals surface area contributed by atoms with E-state index in [4.69, 9.17) is 0 Å². The summed E-state index contributed by atoms with van der Waals surface area (Å²) in [6.07, 6.45) is 6.48. The predicted octanol–water partition coefficient (Wildman–Crippen LogP) is 2.70. The SMILES string of the molecule is CNS(=O)(=NC(O)Nc1c2c(cc3c1CCC3)CCC2)c1cnc(C(C)(C)O)s1. The summed E-state index contributed by atoms with van der Waals surface area (Å²) in [5, 5.41) is 24.4. The molecule has 2 aromatic rings. The van der Waals surface area contributed by atoms with Crippen LogP contribution in [0.4, 0.5) is 5.69 Å². The molecule has 1 aromatic heterocycles. The number of fused-ring (bicyclic) bond motifs is 2. The molecule has 0 saturated heterocycles. The minimum absolute atomic E-state index is 0.376. The van der Waals surface area contributed by atoms with Crippen LogP contribution < -0.4 is 10.0 Å². The highest BCUT2D eigenvalue weighted by atomic mass is 32.2. The summed E-state index contributed by atoms with van der Waals surface area (Å²) in [7, 11) is -1.54. The Morgan fingerprint density at radius 2 is 1.83 bits per heavy atom. The van der Waals surface area contributed by atoms with E-state index < -0.39 is 21.9 Å². The van der Waals surface area contributed by atoms with Crippen LogP contribution in [0.1, 0.15) is 54.0 Å². The topological polar surface area (TPSA) is 107 Å². The number of thiazole rings is 1. The van der Waals surface area contributed by atoms with Gasteiger partial charge in [-0.25, -0.2) is 13.9 Å². The molecule has 29 heavy (non-hydrogen) atoms. The van der Waals surface area contributed by atoms with Crippen molar-refractivity contribution in [2.24, 2.45) is 4.36 Å². The quantitative estimate of drug-likeness (QED) is 0.521. The molecule has 9 heteroatoms. The number of aliphatic hydroxyl groups excluding tert-OH is 1. The zero-order chi connectivity index (χ0) is 20.8. The Balaban J connectivity index is 1.67. The summed E-state index contributed by atoms with van der Waals surface area (Å²) in [6, 6.07) is 2.33. The van der Waals surface area contributed by atoms with Crippen LogP contribution in [0.25, 0.3) is 0 Å². The lowest BCUT2D eigenvalue weighted by Gasteiger charge is -2.19. The minimum Gasteiger partial charge on any atom is -0.383 e. The van der Waals surface area contributed by atoms with Gasteiger partial charge < -0.3 is 15.5 Å². The summed E-state index contributed by atoms with van der Waals surface area (Å²) in [6.45, 7) is 3.25. The Hall–Kier alpha value is -1.52. The molecule has 0 fully saturated rings. The maximum absolute atomic E-state index is 13.4. The zero-order valence-corrected chi connectivity index (χ0v) is 18.6. The highest BCUT2D eigenvalue weighted by molar-refractivity contribution is 7.93. The third-order valence-corrected chi connectivity index (χ3v) is 9.29. The second kappa shape index (κ2) is 7.63. The lowest BCUT2D eigenvalue weighted by molar-refractivity contribution is 0.0783. The fourth-order valence-electron chi connectivity index (χ4n) is 4.16. The lowest BCUT2D eigenvalue weighted by atomic mass is 9.99. The number of nitrogens with zero attached hydrogens (tertiary/aromatic N) is 2. The van der Waals surface area contributed by atoms with Crippen LogP contribution in [0.5, 0.6) is 0 Å². The summed E-state index contributed by atoms with van der Waals surface area (Å²) in [5.74, 6) is 0. The Morgan fingerprint density at radius 1 is 1.21 bits per heavy atom. The van der Waals surface area contributed by atoms with Crippen molar-refractivity contribution in [2.75, 3.05) is 12.4 Å². The van der Waals surface area contributed by atoms with Crippen molar-refractivity contribution in [1.82, 2.24) is 9.71 Å². The second-order valence-electron chi connectivity index (χ2n) is 8.13. The van der Waals surface area contributed by atoms with Crippen LogP contribution in [-0.2, 0) is 41.2 Å². The molecule has 2 atom stereocenters. The summed E-state index contributed by atoms with van der Waals surface area (Å²) in [4.78, 5) is 4.17. The van der Waals surface area contributed by atoms with Crippen molar-refractivity contribution < 1.29 is 14.4 Å². The Labute approximate surface area is 175 Å². The van der Waals surface area contributed by atoms with Gasteiger partial charge in [0.15, 0.2) is 9.92 Å². The Morgan fingerprint density at radius 3 is 2.34 bits per heavy atom. The normalized spacial score (nSPS) is 18.8. The van der Waals surface area contributed by atoms with E-state index in [9.17, 15) is 14.4 Å². The number of anilines is 1. The third kappa shape index (κ3) is 3.94. The van der Waals surface area contributed by atoms with Crippen LogP contribution in [0.2, 0.25) is 0 Å². The molecule has 0 spiro atoms. The predicted molar refractivity (Wildman–Crippen MR) is 115 cm³/mol. The van der Waals surface area contributed by atoms with E-state index in [1.165, 1.54) is 28.5 Å². The van der Waals surface area contributed by atoms with E-state index in [0.29, 0.717) is 9.22 Å². The van der Waals surface area contributed by atoms with E-state index in [1.54, 1.807) is 20.9 Å². The number of rotatable bonds is 6. The smallest absolute Gasteiger partial charge is 0.233 e. The number of aromatic nitrogens is 1. The zero-order valence-electron chi connectivity index (χ0n) is 17.0. The van der Waals surface area contributed by atoms with Crippen molar-refractivity contribution in [3.8, 4) is 0 Å². The number of benzene rings is 1. The Kier molecular flexibility index (Phi) is 5.45. The molecule has 0 amide bonds. The third-order valence-electron chi connectivity index (χ3n) is 5.55. The molecular weight excluding hydrogens is 408 g/mol. The van der Waals surface area contributed by atoms with Gasteiger partial charge >= 0.3 is 0 Å². The van der Waals surface area contributed by atoms with Gasteiger partial charge in [0.1, 0.15) is 14.8 Å². The number of aryl methyl sites for hydroxylation is 2. The van der Waals surface area contributed by atoms with Crippen molar-refractivity contribution in [1.29, 1.82) is 0 Å². The maximum Gasteiger partial charge on any atom is 0.233 e. The van der Waals surface area contributed by atoms with Crippen LogP contribution in [-0.4, -0.2) is 32.8 Å². The molecule has 0 bridgehead atoms. The first-order valence-corrected chi connectivity index (χ1v) is 12.3. The van der Waals surface area contributed by atoms with Crippen LogP contribution in [0.15, 0.2) is 20.8 Å². The van der Waals surface area contributed by atoms with Gasteiger partial charge in [-0.3, -0.25) is 0 Å². The van der Waals surface area contributed by atoms with Gasteiger partial charge in [-0.15, -0.1) is 11.3 Å². The monoisotopic (exact) mass is 436 g/mol. The van der Waals surface area contributed by atoms with Gasteiger partial charge in [0.2, 0.25) is 6.35 Å². The fraction of sp³-hybridized carbons (Fsp3) is 0.550. The maximum atomic E-state index is 13.4. The lowest BCUT2D eigenvalue weighted by Crippen LogP contribution is -2.25. The Bertz CT molecular complexity index is 1020. The molecule has 158 valence electrons. The molecule has 2 unspecified atom stereocenters. The van der Waals surface area contributed by atoms with E-state index in [2.05, 4.69) is 25.5 Å². The number of hydrogen-bond donors (Lipinski definition) is 4. The molecule has 0 aliphatic heterocycles. The van der Waals surface area contributed by atoms with Crippen molar-refractivity contribution in [3.05, 3.63) is 39.5 Å². The minimum atomic E-state index is -3.09. The van der Waals surface area contributed by atoms with Crippen LogP contribution in [0.3, 0.4) is 0 Å². The average Bonchev–Trinajstić information content (AvgIpc) is 3.40. The second-order valence-corrected chi connectivity index (χ2v) is 11.5. The molecule has 4 rings (SSSR count). The molecule has 2 aliphatic carbocycles. The number of hydrogen-bond acceptors (Lipinski definition) is 7. The molecule has 4 N–H and O–H groups in total. The number of aliphatic hydroxyl groups is 2. The van der Waals surface area contributed by atoms with E-state index in [-0.39, 0.29) is 0 Å². The summed E-state index contributed by atoms with van der Waals surface area (Å²) >= 11 is 1.13. The van der Waals surface area contributed by atoms with Crippen molar-refractivity contribution in [3.63, 3.8) is 0 Å². The molecular formula is C20H28N4O3S2. The largest absolute Gasteiger partial charge is 0.383 e. The van der Waals surface area contributed by atoms with Gasteiger partial charge in [0, 0.05) is 5.69 Å². The first-order chi connectivity index (χ1) is 13.7. The van der Waals surface area contributed by atoms with Gasteiger partial charge in [-0.2, -0.15) is 4.36 Å². The molecule has 1 heterocycles.